The first-order valence-electron chi connectivity index (χ1n) is 5.64. The van der Waals surface area contributed by atoms with E-state index in [1.54, 1.807) is 11.3 Å². The molecular weight excluding hydrogens is 214 g/mol. The Hall–Kier alpha value is -1.12. The van der Waals surface area contributed by atoms with Crippen molar-refractivity contribution in [3.05, 3.63) is 46.2 Å². The van der Waals surface area contributed by atoms with Gasteiger partial charge in [0.15, 0.2) is 0 Å². The van der Waals surface area contributed by atoms with E-state index in [0.29, 0.717) is 0 Å². The Morgan fingerprint density at radius 2 is 1.88 bits per heavy atom. The standard InChI is InChI=1S/C14H17NS/c1-3-15-9-12-4-6-13(7-5-12)14-8-11(2)16-10-14/h4-8,10,15H,3,9H2,1-2H3. The first-order chi connectivity index (χ1) is 7.79. The molecule has 0 saturated heterocycles. The predicted octanol–water partition coefficient (Wildman–Crippen LogP) is 3.83. The number of thiophene rings is 1. The van der Waals surface area contributed by atoms with Crippen LogP contribution in [0.4, 0.5) is 0 Å². The van der Waals surface area contributed by atoms with Gasteiger partial charge in [-0.15, -0.1) is 11.3 Å². The molecule has 2 heteroatoms. The molecule has 0 aliphatic heterocycles. The summed E-state index contributed by atoms with van der Waals surface area (Å²) in [5.41, 5.74) is 3.99. The van der Waals surface area contributed by atoms with Gasteiger partial charge in [0.2, 0.25) is 0 Å². The van der Waals surface area contributed by atoms with Crippen LogP contribution in [0, 0.1) is 6.92 Å². The average molecular weight is 231 g/mol. The van der Waals surface area contributed by atoms with E-state index in [2.05, 4.69) is 54.9 Å². The summed E-state index contributed by atoms with van der Waals surface area (Å²) in [4.78, 5) is 1.37. The van der Waals surface area contributed by atoms with Gasteiger partial charge in [-0.05, 0) is 41.6 Å². The maximum atomic E-state index is 3.33. The summed E-state index contributed by atoms with van der Waals surface area (Å²) in [6.07, 6.45) is 0. The van der Waals surface area contributed by atoms with Gasteiger partial charge < -0.3 is 5.32 Å². The molecular formula is C14H17NS. The van der Waals surface area contributed by atoms with E-state index in [1.807, 2.05) is 0 Å². The van der Waals surface area contributed by atoms with Crippen LogP contribution in [0.15, 0.2) is 35.7 Å². The smallest absolute Gasteiger partial charge is 0.0205 e. The highest BCUT2D eigenvalue weighted by Gasteiger charge is 1.99. The molecule has 0 aliphatic rings. The van der Waals surface area contributed by atoms with Crippen LogP contribution < -0.4 is 5.32 Å². The molecule has 1 heterocycles. The third kappa shape index (κ3) is 2.71. The second-order valence-electron chi connectivity index (χ2n) is 3.92. The molecule has 0 spiro atoms. The molecule has 1 N–H and O–H groups in total. The molecule has 2 aromatic rings. The lowest BCUT2D eigenvalue weighted by Gasteiger charge is -2.03. The molecule has 0 amide bonds. The molecule has 1 aromatic carbocycles. The number of benzene rings is 1. The molecule has 0 saturated carbocycles. The van der Waals surface area contributed by atoms with Gasteiger partial charge in [-0.2, -0.15) is 0 Å². The van der Waals surface area contributed by atoms with Gasteiger partial charge >= 0.3 is 0 Å². The Balaban J connectivity index is 2.13. The summed E-state index contributed by atoms with van der Waals surface area (Å²) < 4.78 is 0. The molecule has 2 rings (SSSR count). The Morgan fingerprint density at radius 1 is 1.12 bits per heavy atom. The molecule has 0 radical (unpaired) electrons. The van der Waals surface area contributed by atoms with Crippen LogP contribution in [-0.2, 0) is 6.54 Å². The topological polar surface area (TPSA) is 12.0 Å². The summed E-state index contributed by atoms with van der Waals surface area (Å²) in [6, 6.07) is 11.0. The summed E-state index contributed by atoms with van der Waals surface area (Å²) in [5, 5.41) is 5.55. The summed E-state index contributed by atoms with van der Waals surface area (Å²) in [7, 11) is 0. The van der Waals surface area contributed by atoms with Crippen LogP contribution in [0.5, 0.6) is 0 Å². The number of hydrogen-bond acceptors (Lipinski definition) is 2. The monoisotopic (exact) mass is 231 g/mol. The number of hydrogen-bond donors (Lipinski definition) is 1. The van der Waals surface area contributed by atoms with E-state index in [1.165, 1.54) is 21.6 Å². The van der Waals surface area contributed by atoms with Crippen LogP contribution >= 0.6 is 11.3 Å². The maximum Gasteiger partial charge on any atom is 0.0205 e. The molecule has 1 aromatic heterocycles. The van der Waals surface area contributed by atoms with E-state index in [9.17, 15) is 0 Å². The van der Waals surface area contributed by atoms with Crippen molar-refractivity contribution in [2.24, 2.45) is 0 Å². The maximum absolute atomic E-state index is 3.33. The minimum absolute atomic E-state index is 0.958. The lowest BCUT2D eigenvalue weighted by molar-refractivity contribution is 0.727. The van der Waals surface area contributed by atoms with Gasteiger partial charge in [0.1, 0.15) is 0 Å². The predicted molar refractivity (Wildman–Crippen MR) is 71.9 cm³/mol. The van der Waals surface area contributed by atoms with Crippen molar-refractivity contribution in [3.63, 3.8) is 0 Å². The van der Waals surface area contributed by atoms with Crippen molar-refractivity contribution in [2.75, 3.05) is 6.54 Å². The van der Waals surface area contributed by atoms with Crippen LogP contribution in [0.1, 0.15) is 17.4 Å². The second kappa shape index (κ2) is 5.28. The number of rotatable bonds is 4. The van der Waals surface area contributed by atoms with Gasteiger partial charge in [-0.25, -0.2) is 0 Å². The molecule has 16 heavy (non-hydrogen) atoms. The highest BCUT2D eigenvalue weighted by Crippen LogP contribution is 2.25. The number of nitrogens with one attached hydrogen (secondary N) is 1. The quantitative estimate of drug-likeness (QED) is 0.843. The van der Waals surface area contributed by atoms with E-state index in [0.717, 1.165) is 13.1 Å². The Kier molecular flexibility index (Phi) is 3.75. The second-order valence-corrected chi connectivity index (χ2v) is 5.04. The highest BCUT2D eigenvalue weighted by atomic mass is 32.1. The molecule has 1 nitrogen and oxygen atoms in total. The van der Waals surface area contributed by atoms with E-state index < -0.39 is 0 Å². The van der Waals surface area contributed by atoms with Crippen molar-refractivity contribution in [1.82, 2.24) is 5.32 Å². The van der Waals surface area contributed by atoms with E-state index in [4.69, 9.17) is 0 Å². The molecule has 84 valence electrons. The average Bonchev–Trinajstić information content (AvgIpc) is 2.74. The first-order valence-corrected chi connectivity index (χ1v) is 6.52. The summed E-state index contributed by atoms with van der Waals surface area (Å²) in [5.74, 6) is 0. The minimum Gasteiger partial charge on any atom is -0.313 e. The van der Waals surface area contributed by atoms with Gasteiger partial charge in [0.05, 0.1) is 0 Å². The molecule has 0 atom stereocenters. The van der Waals surface area contributed by atoms with Gasteiger partial charge in [-0.1, -0.05) is 31.2 Å². The fraction of sp³-hybridized carbons (Fsp3) is 0.286. The summed E-state index contributed by atoms with van der Waals surface area (Å²) >= 11 is 1.80. The fourth-order valence-corrected chi connectivity index (χ4v) is 2.39. The van der Waals surface area contributed by atoms with Crippen molar-refractivity contribution >= 4 is 11.3 Å². The van der Waals surface area contributed by atoms with Crippen molar-refractivity contribution in [2.45, 2.75) is 20.4 Å². The minimum atomic E-state index is 0.958. The van der Waals surface area contributed by atoms with Gasteiger partial charge in [-0.3, -0.25) is 0 Å². The van der Waals surface area contributed by atoms with Gasteiger partial charge in [0.25, 0.3) is 0 Å². The van der Waals surface area contributed by atoms with Crippen LogP contribution in [0.25, 0.3) is 11.1 Å². The fourth-order valence-electron chi connectivity index (χ4n) is 1.68. The van der Waals surface area contributed by atoms with Crippen molar-refractivity contribution < 1.29 is 0 Å². The lowest BCUT2D eigenvalue weighted by Crippen LogP contribution is -2.11. The van der Waals surface area contributed by atoms with Crippen molar-refractivity contribution in [1.29, 1.82) is 0 Å². The highest BCUT2D eigenvalue weighted by molar-refractivity contribution is 7.10. The van der Waals surface area contributed by atoms with E-state index >= 15 is 0 Å². The van der Waals surface area contributed by atoms with E-state index in [-0.39, 0.29) is 0 Å². The largest absolute Gasteiger partial charge is 0.313 e. The molecule has 0 bridgehead atoms. The Bertz CT molecular complexity index is 442. The molecule has 0 unspecified atom stereocenters. The first kappa shape index (κ1) is 11.4. The third-order valence-electron chi connectivity index (χ3n) is 2.60. The lowest BCUT2D eigenvalue weighted by atomic mass is 10.1. The zero-order valence-electron chi connectivity index (χ0n) is 9.79. The molecule has 0 aliphatic carbocycles. The van der Waals surface area contributed by atoms with Crippen LogP contribution in [0.2, 0.25) is 0 Å². The normalized spacial score (nSPS) is 10.6. The van der Waals surface area contributed by atoms with Crippen LogP contribution in [-0.4, -0.2) is 6.54 Å². The zero-order chi connectivity index (χ0) is 11.4. The SMILES string of the molecule is CCNCc1ccc(-c2csc(C)c2)cc1. The molecule has 0 fully saturated rings. The third-order valence-corrected chi connectivity index (χ3v) is 3.46. The zero-order valence-corrected chi connectivity index (χ0v) is 10.6. The Labute approximate surface area is 101 Å². The number of aryl methyl sites for hydroxylation is 1. The van der Waals surface area contributed by atoms with Crippen LogP contribution in [0.3, 0.4) is 0 Å². The van der Waals surface area contributed by atoms with Gasteiger partial charge in [0, 0.05) is 11.4 Å². The Morgan fingerprint density at radius 3 is 2.44 bits per heavy atom. The summed E-state index contributed by atoms with van der Waals surface area (Å²) in [6.45, 7) is 6.25. The van der Waals surface area contributed by atoms with Crippen molar-refractivity contribution in [3.8, 4) is 11.1 Å².